The van der Waals surface area contributed by atoms with Crippen molar-refractivity contribution >= 4 is 11.9 Å². The molecule has 0 aromatic heterocycles. The number of hydrogen-bond acceptors (Lipinski definition) is 4. The zero-order chi connectivity index (χ0) is 16.9. The summed E-state index contributed by atoms with van der Waals surface area (Å²) in [6, 6.07) is 0. The standard InChI is InChI=1S/C17H24O4/c1-9-11-17(12-10-2,13(18)20-15(3,4)5)14(19)21-16(6,7)8/h1-2H,11-12H2,3-8H3. The highest BCUT2D eigenvalue weighted by molar-refractivity contribution is 6.01. The van der Waals surface area contributed by atoms with E-state index in [0.717, 1.165) is 0 Å². The van der Waals surface area contributed by atoms with Crippen LogP contribution in [0.4, 0.5) is 0 Å². The van der Waals surface area contributed by atoms with Crippen molar-refractivity contribution in [2.45, 2.75) is 65.6 Å². The van der Waals surface area contributed by atoms with Gasteiger partial charge in [0, 0.05) is 12.8 Å². The minimum atomic E-state index is -1.66. The SMILES string of the molecule is C#CCC(CC#C)(C(=O)OC(C)(C)C)C(=O)OC(C)(C)C. The molecule has 0 bridgehead atoms. The Morgan fingerprint density at radius 2 is 1.10 bits per heavy atom. The van der Waals surface area contributed by atoms with E-state index in [1.54, 1.807) is 41.5 Å². The lowest BCUT2D eigenvalue weighted by Crippen LogP contribution is -2.46. The van der Waals surface area contributed by atoms with Crippen LogP contribution in [-0.4, -0.2) is 23.1 Å². The smallest absolute Gasteiger partial charge is 0.326 e. The van der Waals surface area contributed by atoms with Gasteiger partial charge in [0.2, 0.25) is 0 Å². The first kappa shape index (κ1) is 19.1. The van der Waals surface area contributed by atoms with Crippen molar-refractivity contribution in [2.75, 3.05) is 0 Å². The van der Waals surface area contributed by atoms with Gasteiger partial charge < -0.3 is 9.47 Å². The molecule has 0 fully saturated rings. The Bertz CT molecular complexity index is 429. The highest BCUT2D eigenvalue weighted by Crippen LogP contribution is 2.33. The number of hydrogen-bond donors (Lipinski definition) is 0. The number of rotatable bonds is 4. The fourth-order valence-corrected chi connectivity index (χ4v) is 1.53. The first-order valence-corrected chi connectivity index (χ1v) is 6.72. The first-order valence-electron chi connectivity index (χ1n) is 6.72. The molecule has 116 valence electrons. The van der Waals surface area contributed by atoms with Gasteiger partial charge in [0.05, 0.1) is 0 Å². The molecule has 0 atom stereocenters. The second-order valence-corrected chi connectivity index (χ2v) is 6.85. The van der Waals surface area contributed by atoms with E-state index < -0.39 is 28.6 Å². The molecule has 0 radical (unpaired) electrons. The quantitative estimate of drug-likeness (QED) is 0.454. The van der Waals surface area contributed by atoms with Crippen molar-refractivity contribution in [3.05, 3.63) is 0 Å². The molecule has 0 saturated carbocycles. The number of carbonyl (C=O) groups excluding carboxylic acids is 2. The molecule has 0 saturated heterocycles. The molecule has 0 spiro atoms. The molecule has 0 N–H and O–H groups in total. The Kier molecular flexibility index (Phi) is 6.06. The van der Waals surface area contributed by atoms with Crippen molar-refractivity contribution in [1.29, 1.82) is 0 Å². The summed E-state index contributed by atoms with van der Waals surface area (Å²) in [7, 11) is 0. The Hall–Kier alpha value is -1.94. The zero-order valence-electron chi connectivity index (χ0n) is 13.7. The van der Waals surface area contributed by atoms with Gasteiger partial charge in [-0.05, 0) is 41.5 Å². The van der Waals surface area contributed by atoms with Crippen LogP contribution in [0.2, 0.25) is 0 Å². The van der Waals surface area contributed by atoms with Crippen LogP contribution in [0.5, 0.6) is 0 Å². The van der Waals surface area contributed by atoms with Gasteiger partial charge in [-0.25, -0.2) is 0 Å². The number of ether oxygens (including phenoxy) is 2. The molecule has 0 aliphatic rings. The summed E-state index contributed by atoms with van der Waals surface area (Å²) in [5.41, 5.74) is -3.18. The average Bonchev–Trinajstić information content (AvgIpc) is 2.23. The Morgan fingerprint density at radius 1 is 0.810 bits per heavy atom. The summed E-state index contributed by atoms with van der Waals surface area (Å²) >= 11 is 0. The minimum Gasteiger partial charge on any atom is -0.459 e. The molecule has 0 aliphatic carbocycles. The van der Waals surface area contributed by atoms with Gasteiger partial charge in [0.15, 0.2) is 5.41 Å². The number of terminal acetylenes is 2. The van der Waals surface area contributed by atoms with E-state index in [0.29, 0.717) is 0 Å². The Morgan fingerprint density at radius 3 is 1.29 bits per heavy atom. The molecule has 0 aromatic rings. The number of esters is 2. The maximum absolute atomic E-state index is 12.5. The van der Waals surface area contributed by atoms with Gasteiger partial charge in [-0.3, -0.25) is 9.59 Å². The predicted octanol–water partition coefficient (Wildman–Crippen LogP) is 2.70. The molecular formula is C17H24O4. The minimum absolute atomic E-state index is 0.166. The molecule has 0 rings (SSSR count). The van der Waals surface area contributed by atoms with Crippen molar-refractivity contribution in [2.24, 2.45) is 5.41 Å². The lowest BCUT2D eigenvalue weighted by atomic mass is 9.81. The molecule has 0 amide bonds. The predicted molar refractivity (Wildman–Crippen MR) is 81.0 cm³/mol. The van der Waals surface area contributed by atoms with E-state index in [-0.39, 0.29) is 12.8 Å². The lowest BCUT2D eigenvalue weighted by Gasteiger charge is -2.32. The van der Waals surface area contributed by atoms with E-state index in [1.807, 2.05) is 0 Å². The van der Waals surface area contributed by atoms with Gasteiger partial charge in [0.25, 0.3) is 0 Å². The average molecular weight is 292 g/mol. The molecule has 0 aliphatic heterocycles. The van der Waals surface area contributed by atoms with Crippen LogP contribution in [0, 0.1) is 30.1 Å². The van der Waals surface area contributed by atoms with Gasteiger partial charge in [-0.15, -0.1) is 24.7 Å². The van der Waals surface area contributed by atoms with Crippen LogP contribution in [0.25, 0.3) is 0 Å². The van der Waals surface area contributed by atoms with Gasteiger partial charge in [-0.2, -0.15) is 0 Å². The van der Waals surface area contributed by atoms with E-state index in [4.69, 9.17) is 22.3 Å². The van der Waals surface area contributed by atoms with Crippen molar-refractivity contribution in [3.8, 4) is 24.7 Å². The molecular weight excluding hydrogens is 268 g/mol. The van der Waals surface area contributed by atoms with Gasteiger partial charge >= 0.3 is 11.9 Å². The molecule has 0 aromatic carbocycles. The van der Waals surface area contributed by atoms with Crippen LogP contribution in [0.3, 0.4) is 0 Å². The molecule has 0 heterocycles. The monoisotopic (exact) mass is 292 g/mol. The fraction of sp³-hybridized carbons (Fsp3) is 0.647. The van der Waals surface area contributed by atoms with Crippen LogP contribution in [0.15, 0.2) is 0 Å². The Balaban J connectivity index is 5.66. The van der Waals surface area contributed by atoms with E-state index in [1.165, 1.54) is 0 Å². The van der Waals surface area contributed by atoms with Crippen LogP contribution < -0.4 is 0 Å². The van der Waals surface area contributed by atoms with E-state index >= 15 is 0 Å². The normalized spacial score (nSPS) is 12.0. The molecule has 0 unspecified atom stereocenters. The molecule has 21 heavy (non-hydrogen) atoms. The van der Waals surface area contributed by atoms with Crippen LogP contribution in [0.1, 0.15) is 54.4 Å². The van der Waals surface area contributed by atoms with Crippen LogP contribution in [-0.2, 0) is 19.1 Å². The topological polar surface area (TPSA) is 52.6 Å². The van der Waals surface area contributed by atoms with Crippen LogP contribution >= 0.6 is 0 Å². The third-order valence-corrected chi connectivity index (χ3v) is 2.39. The summed E-state index contributed by atoms with van der Waals surface area (Å²) in [5, 5.41) is 0. The molecule has 4 heteroatoms. The lowest BCUT2D eigenvalue weighted by molar-refractivity contribution is -0.184. The van der Waals surface area contributed by atoms with Crippen molar-refractivity contribution in [1.82, 2.24) is 0 Å². The highest BCUT2D eigenvalue weighted by Gasteiger charge is 2.50. The molecule has 4 nitrogen and oxygen atoms in total. The summed E-state index contributed by atoms with van der Waals surface area (Å²) in [5.74, 6) is 3.16. The maximum atomic E-state index is 12.5. The highest BCUT2D eigenvalue weighted by atomic mass is 16.6. The summed E-state index contributed by atoms with van der Waals surface area (Å²) in [6.07, 6.45) is 10.3. The largest absolute Gasteiger partial charge is 0.459 e. The Labute approximate surface area is 127 Å². The van der Waals surface area contributed by atoms with E-state index in [9.17, 15) is 9.59 Å². The van der Waals surface area contributed by atoms with Crippen molar-refractivity contribution in [3.63, 3.8) is 0 Å². The van der Waals surface area contributed by atoms with Crippen molar-refractivity contribution < 1.29 is 19.1 Å². The maximum Gasteiger partial charge on any atom is 0.326 e. The summed E-state index contributed by atoms with van der Waals surface area (Å²) in [4.78, 5) is 24.9. The van der Waals surface area contributed by atoms with E-state index in [2.05, 4.69) is 11.8 Å². The van der Waals surface area contributed by atoms with Gasteiger partial charge in [-0.1, -0.05) is 0 Å². The van der Waals surface area contributed by atoms with Gasteiger partial charge in [0.1, 0.15) is 11.2 Å². The fourth-order valence-electron chi connectivity index (χ4n) is 1.53. The summed E-state index contributed by atoms with van der Waals surface area (Å²) in [6.45, 7) is 10.2. The number of carbonyl (C=O) groups is 2. The first-order chi connectivity index (χ1) is 9.38. The summed E-state index contributed by atoms with van der Waals surface area (Å²) < 4.78 is 10.6. The zero-order valence-corrected chi connectivity index (χ0v) is 13.7. The third kappa shape index (κ3) is 5.92. The second kappa shape index (κ2) is 6.68. The second-order valence-electron chi connectivity index (χ2n) is 6.85. The third-order valence-electron chi connectivity index (χ3n) is 2.39.